The number of carbonyl (C=O) groups excluding carboxylic acids is 1. The number of benzene rings is 1. The zero-order chi connectivity index (χ0) is 9.56. The zero-order valence-electron chi connectivity index (χ0n) is 6.85. The fraction of sp³-hybridized carbons (Fsp3) is 0.125. The van der Waals surface area contributed by atoms with Gasteiger partial charge in [0.25, 0.3) is 0 Å². The summed E-state index contributed by atoms with van der Waals surface area (Å²) in [5.74, 6) is 0. The van der Waals surface area contributed by atoms with Crippen molar-refractivity contribution in [3.63, 3.8) is 0 Å². The second-order valence-electron chi connectivity index (χ2n) is 1.91. The molecule has 5 heteroatoms. The van der Waals surface area contributed by atoms with E-state index in [2.05, 4.69) is 11.6 Å². The molecule has 0 aromatic heterocycles. The average Bonchev–Trinajstić information content (AvgIpc) is 1.84. The van der Waals surface area contributed by atoms with Crippen molar-refractivity contribution < 1.29 is 10.3 Å². The van der Waals surface area contributed by atoms with E-state index in [-0.39, 0.29) is 10.7 Å². The molecule has 0 saturated carbocycles. The van der Waals surface area contributed by atoms with Crippen LogP contribution in [0.4, 0.5) is 0 Å². The molecule has 0 spiro atoms. The Bertz CT molecular complexity index is 242. The topological polar surface area (TPSA) is 48.6 Å². The first-order valence-corrected chi connectivity index (χ1v) is 4.23. The van der Waals surface area contributed by atoms with Gasteiger partial charge in [0.2, 0.25) is 5.24 Å². The Morgan fingerprint density at radius 3 is 1.69 bits per heavy atom. The molecule has 1 aromatic rings. The highest BCUT2D eigenvalue weighted by Crippen LogP contribution is 2.13. The van der Waals surface area contributed by atoms with E-state index >= 15 is 0 Å². The molecule has 0 saturated heterocycles. The van der Waals surface area contributed by atoms with E-state index in [4.69, 9.17) is 23.2 Å². The number of rotatable bonds is 0. The summed E-state index contributed by atoms with van der Waals surface area (Å²) in [6.07, 6.45) is 0. The maximum atomic E-state index is 9.21. The Labute approximate surface area is 91.7 Å². The minimum absolute atomic E-state index is 0. The molecule has 0 amide bonds. The van der Waals surface area contributed by atoms with Crippen LogP contribution in [0.25, 0.3) is 0 Å². The summed E-state index contributed by atoms with van der Waals surface area (Å²) in [6, 6.07) is 7.08. The largest absolute Gasteiger partial charge is 0.412 e. The summed E-state index contributed by atoms with van der Waals surface area (Å²) in [5.41, 5.74) is 0. The van der Waals surface area contributed by atoms with Gasteiger partial charge in [0, 0.05) is 17.0 Å². The van der Waals surface area contributed by atoms with Gasteiger partial charge in [-0.2, -0.15) is 0 Å². The zero-order valence-corrected chi connectivity index (χ0v) is 9.12. The third-order valence-electron chi connectivity index (χ3n) is 0.787. The molecule has 74 valence electrons. The lowest BCUT2D eigenvalue weighted by Gasteiger charge is -1.86. The van der Waals surface area contributed by atoms with Crippen LogP contribution < -0.4 is 0 Å². The monoisotopic (exact) mass is 242 g/mol. The minimum atomic E-state index is -0.361. The third-order valence-corrected chi connectivity index (χ3v) is 1.26. The van der Waals surface area contributed by atoms with Crippen LogP contribution in [0.15, 0.2) is 24.3 Å². The summed E-state index contributed by atoms with van der Waals surface area (Å²) in [5, 5.41) is 0.995. The molecule has 1 aromatic carbocycles. The Balaban J connectivity index is 0. The average molecular weight is 244 g/mol. The van der Waals surface area contributed by atoms with Crippen molar-refractivity contribution in [1.82, 2.24) is 0 Å². The molecule has 0 fully saturated rings. The molecule has 2 N–H and O–H groups in total. The van der Waals surface area contributed by atoms with Crippen molar-refractivity contribution in [3.8, 4) is 0 Å². The van der Waals surface area contributed by atoms with Crippen LogP contribution in [0.5, 0.6) is 0 Å². The second-order valence-corrected chi connectivity index (χ2v) is 3.32. The molecule has 13 heavy (non-hydrogen) atoms. The smallest absolute Gasteiger partial charge is 0.218 e. The molecule has 0 unspecified atom stereocenters. The van der Waals surface area contributed by atoms with E-state index in [0.717, 1.165) is 0 Å². The predicted molar refractivity (Wildman–Crippen MR) is 56.6 cm³/mol. The molecule has 0 bridgehead atoms. The van der Waals surface area contributed by atoms with Crippen molar-refractivity contribution in [2.45, 2.75) is 6.92 Å². The van der Waals surface area contributed by atoms with Crippen LogP contribution in [0.1, 0.15) is 6.92 Å². The highest BCUT2D eigenvalue weighted by Gasteiger charge is 1.84. The van der Waals surface area contributed by atoms with Gasteiger partial charge < -0.3 is 5.48 Å². The summed E-state index contributed by atoms with van der Waals surface area (Å²) >= 11 is 15.8. The summed E-state index contributed by atoms with van der Waals surface area (Å²) in [7, 11) is 0. The van der Waals surface area contributed by atoms with Crippen molar-refractivity contribution in [3.05, 3.63) is 34.3 Å². The van der Waals surface area contributed by atoms with Gasteiger partial charge in [-0.1, -0.05) is 29.3 Å². The van der Waals surface area contributed by atoms with Gasteiger partial charge in [-0.15, -0.1) is 0 Å². The number of carbonyl (C=O) groups is 1. The van der Waals surface area contributed by atoms with Gasteiger partial charge in [-0.25, -0.2) is 0 Å². The van der Waals surface area contributed by atoms with Gasteiger partial charge in [-0.05, 0) is 29.8 Å². The van der Waals surface area contributed by atoms with Gasteiger partial charge in [-0.3, -0.25) is 4.79 Å². The van der Waals surface area contributed by atoms with E-state index in [9.17, 15) is 4.79 Å². The molecular weight excluding hydrogens is 234 g/mol. The summed E-state index contributed by atoms with van der Waals surface area (Å²) < 4.78 is 0. The van der Waals surface area contributed by atoms with Crippen LogP contribution in [0.3, 0.4) is 0 Å². The van der Waals surface area contributed by atoms with Gasteiger partial charge in [0.1, 0.15) is 0 Å². The van der Waals surface area contributed by atoms with Crippen LogP contribution in [-0.2, 0) is 4.79 Å². The van der Waals surface area contributed by atoms with E-state index < -0.39 is 0 Å². The molecule has 1 rings (SSSR count). The van der Waals surface area contributed by atoms with Gasteiger partial charge in [0.05, 0.1) is 0 Å². The molecule has 0 radical (unpaired) electrons. The maximum Gasteiger partial charge on any atom is 0.218 e. The van der Waals surface area contributed by atoms with E-state index in [1.807, 2.05) is 6.07 Å². The van der Waals surface area contributed by atoms with Crippen LogP contribution in [-0.4, -0.2) is 10.7 Å². The Morgan fingerprint density at radius 2 is 1.54 bits per heavy atom. The molecule has 0 aliphatic heterocycles. The summed E-state index contributed by atoms with van der Waals surface area (Å²) in [4.78, 5) is 9.21. The normalized spacial score (nSPS) is 7.69. The molecule has 0 atom stereocenters. The van der Waals surface area contributed by atoms with Crippen LogP contribution >= 0.6 is 34.8 Å². The second kappa shape index (κ2) is 8.32. The van der Waals surface area contributed by atoms with Gasteiger partial charge in [0.15, 0.2) is 0 Å². The Kier molecular flexibility index (Phi) is 9.74. The van der Waals surface area contributed by atoms with Crippen molar-refractivity contribution >= 4 is 40.0 Å². The lowest BCUT2D eigenvalue weighted by atomic mass is 10.4. The maximum absolute atomic E-state index is 9.21. The Hall–Kier alpha value is -0.280. The number of halogens is 3. The summed E-state index contributed by atoms with van der Waals surface area (Å²) in [6.45, 7) is 1.29. The SMILES string of the molecule is CC(=O)Cl.Clc1cccc(Cl)c1.O. The predicted octanol–water partition coefficient (Wildman–Crippen LogP) is 2.94. The van der Waals surface area contributed by atoms with E-state index in [1.165, 1.54) is 6.92 Å². The molecule has 0 aliphatic carbocycles. The lowest BCUT2D eigenvalue weighted by Crippen LogP contribution is -1.62. The van der Waals surface area contributed by atoms with Crippen LogP contribution in [0, 0.1) is 0 Å². The van der Waals surface area contributed by atoms with E-state index in [1.54, 1.807) is 18.2 Å². The fourth-order valence-electron chi connectivity index (χ4n) is 0.460. The molecule has 2 nitrogen and oxygen atoms in total. The number of hydrogen-bond acceptors (Lipinski definition) is 1. The lowest BCUT2D eigenvalue weighted by molar-refractivity contribution is -0.109. The number of hydrogen-bond donors (Lipinski definition) is 0. The Morgan fingerprint density at radius 1 is 1.23 bits per heavy atom. The standard InChI is InChI=1S/C6H4Cl2.C2H3ClO.H2O/c7-5-2-1-3-6(8)4-5;1-2(3)4;/h1-4H;1H3;1H2. The fourth-order valence-corrected chi connectivity index (χ4v) is 0.896. The highest BCUT2D eigenvalue weighted by molar-refractivity contribution is 6.62. The van der Waals surface area contributed by atoms with Crippen molar-refractivity contribution in [2.75, 3.05) is 0 Å². The first-order chi connectivity index (χ1) is 5.52. The minimum Gasteiger partial charge on any atom is -0.412 e. The quantitative estimate of drug-likeness (QED) is 0.646. The first-order valence-electron chi connectivity index (χ1n) is 3.09. The van der Waals surface area contributed by atoms with E-state index in [0.29, 0.717) is 10.0 Å². The first kappa shape index (κ1) is 15.2. The van der Waals surface area contributed by atoms with Gasteiger partial charge >= 0.3 is 0 Å². The van der Waals surface area contributed by atoms with Crippen LogP contribution in [0.2, 0.25) is 10.0 Å². The van der Waals surface area contributed by atoms with Crippen molar-refractivity contribution in [2.24, 2.45) is 0 Å². The third kappa shape index (κ3) is 11.7. The molecule has 0 heterocycles. The molecule has 0 aliphatic rings. The van der Waals surface area contributed by atoms with Crippen molar-refractivity contribution in [1.29, 1.82) is 0 Å². The molecular formula is C8H9Cl3O2. The highest BCUT2D eigenvalue weighted by atomic mass is 35.5.